The number of amides is 1. The molecule has 30 heavy (non-hydrogen) atoms. The zero-order chi connectivity index (χ0) is 21.0. The number of carbonyl (C=O) groups is 1. The van der Waals surface area contributed by atoms with Crippen molar-refractivity contribution in [2.45, 2.75) is 46.2 Å². The molecule has 156 valence electrons. The standard InChI is InChI=1S/C25H28N2O2S/c1-25(2,3)15-10-11-17-19(13-15)30-24-21(17)23(28)26-22(27-24)20-16-8-6-5-7-14(16)9-12-18(20)29-4/h5-9,12,15,22,27H,10-11,13H2,1-4H3,(H,26,28)/t15-,22+/m0/s1. The van der Waals surface area contributed by atoms with Gasteiger partial charge in [-0.25, -0.2) is 0 Å². The molecule has 5 heteroatoms. The number of hydrogen-bond donors (Lipinski definition) is 2. The van der Waals surface area contributed by atoms with Crippen LogP contribution in [-0.2, 0) is 12.8 Å². The maximum absolute atomic E-state index is 13.2. The van der Waals surface area contributed by atoms with Crippen molar-refractivity contribution >= 4 is 33.0 Å². The van der Waals surface area contributed by atoms with Gasteiger partial charge in [-0.1, -0.05) is 51.1 Å². The van der Waals surface area contributed by atoms with E-state index in [1.807, 2.05) is 18.2 Å². The lowest BCUT2D eigenvalue weighted by Crippen LogP contribution is -2.38. The number of hydrogen-bond acceptors (Lipinski definition) is 4. The van der Waals surface area contributed by atoms with Crippen molar-refractivity contribution in [3.8, 4) is 5.75 Å². The van der Waals surface area contributed by atoms with Crippen molar-refractivity contribution in [1.29, 1.82) is 0 Å². The van der Waals surface area contributed by atoms with Gasteiger partial charge in [-0.2, -0.15) is 0 Å². The zero-order valence-electron chi connectivity index (χ0n) is 18.0. The number of nitrogens with one attached hydrogen (secondary N) is 2. The average molecular weight is 421 g/mol. The van der Waals surface area contributed by atoms with E-state index in [0.717, 1.165) is 51.9 Å². The molecule has 2 aromatic carbocycles. The van der Waals surface area contributed by atoms with E-state index in [4.69, 9.17) is 4.74 Å². The number of rotatable bonds is 2. The molecule has 0 bridgehead atoms. The van der Waals surface area contributed by atoms with E-state index in [-0.39, 0.29) is 17.5 Å². The molecule has 2 N–H and O–H groups in total. The third kappa shape index (κ3) is 3.07. The lowest BCUT2D eigenvalue weighted by Gasteiger charge is -2.34. The minimum absolute atomic E-state index is 0.0236. The maximum Gasteiger partial charge on any atom is 0.256 e. The quantitative estimate of drug-likeness (QED) is 0.541. The summed E-state index contributed by atoms with van der Waals surface area (Å²) in [7, 11) is 1.68. The Labute approximate surface area is 181 Å². The summed E-state index contributed by atoms with van der Waals surface area (Å²) in [5.41, 5.74) is 3.38. The Morgan fingerprint density at radius 2 is 1.90 bits per heavy atom. The first-order valence-electron chi connectivity index (χ1n) is 10.6. The van der Waals surface area contributed by atoms with Gasteiger partial charge in [0.2, 0.25) is 0 Å². The van der Waals surface area contributed by atoms with E-state index < -0.39 is 0 Å². The topological polar surface area (TPSA) is 50.4 Å². The van der Waals surface area contributed by atoms with Crippen LogP contribution in [0.3, 0.4) is 0 Å². The van der Waals surface area contributed by atoms with Crippen LogP contribution in [0.2, 0.25) is 0 Å². The number of carbonyl (C=O) groups excluding carboxylic acids is 1. The first-order valence-corrected chi connectivity index (χ1v) is 11.5. The van der Waals surface area contributed by atoms with E-state index in [9.17, 15) is 4.79 Å². The number of fused-ring (bicyclic) bond motifs is 4. The van der Waals surface area contributed by atoms with E-state index in [1.165, 1.54) is 10.4 Å². The average Bonchev–Trinajstić information content (AvgIpc) is 3.10. The zero-order valence-corrected chi connectivity index (χ0v) is 18.8. The second-order valence-electron chi connectivity index (χ2n) is 9.47. The van der Waals surface area contributed by atoms with E-state index >= 15 is 0 Å². The second-order valence-corrected chi connectivity index (χ2v) is 10.6. The molecule has 4 nitrogen and oxygen atoms in total. The molecule has 5 rings (SSSR count). The highest BCUT2D eigenvalue weighted by Gasteiger charge is 2.37. The van der Waals surface area contributed by atoms with E-state index in [1.54, 1.807) is 18.4 Å². The van der Waals surface area contributed by atoms with Crippen LogP contribution in [0, 0.1) is 11.3 Å². The Morgan fingerprint density at radius 1 is 1.10 bits per heavy atom. The fourth-order valence-corrected chi connectivity index (χ4v) is 6.29. The highest BCUT2D eigenvalue weighted by Crippen LogP contribution is 2.47. The van der Waals surface area contributed by atoms with Crippen LogP contribution in [-0.4, -0.2) is 13.0 Å². The number of thiophene rings is 1. The first-order chi connectivity index (χ1) is 14.4. The van der Waals surface area contributed by atoms with Crippen LogP contribution in [0.15, 0.2) is 36.4 Å². The van der Waals surface area contributed by atoms with Crippen LogP contribution < -0.4 is 15.4 Å². The second kappa shape index (κ2) is 7.02. The highest BCUT2D eigenvalue weighted by atomic mass is 32.1. The summed E-state index contributed by atoms with van der Waals surface area (Å²) in [6, 6.07) is 12.3. The predicted molar refractivity (Wildman–Crippen MR) is 124 cm³/mol. The molecule has 1 aromatic heterocycles. The molecular weight excluding hydrogens is 392 g/mol. The van der Waals surface area contributed by atoms with Crippen molar-refractivity contribution in [3.63, 3.8) is 0 Å². The third-order valence-electron chi connectivity index (χ3n) is 6.71. The van der Waals surface area contributed by atoms with Gasteiger partial charge >= 0.3 is 0 Å². The van der Waals surface area contributed by atoms with Gasteiger partial charge in [-0.3, -0.25) is 4.79 Å². The van der Waals surface area contributed by atoms with Gasteiger partial charge in [-0.15, -0.1) is 11.3 Å². The van der Waals surface area contributed by atoms with Gasteiger partial charge in [0.05, 0.1) is 12.7 Å². The summed E-state index contributed by atoms with van der Waals surface area (Å²) in [4.78, 5) is 14.6. The summed E-state index contributed by atoms with van der Waals surface area (Å²) >= 11 is 1.77. The summed E-state index contributed by atoms with van der Waals surface area (Å²) < 4.78 is 5.67. The maximum atomic E-state index is 13.2. The molecule has 0 radical (unpaired) electrons. The van der Waals surface area contributed by atoms with Crippen LogP contribution >= 0.6 is 11.3 Å². The Hall–Kier alpha value is -2.53. The Morgan fingerprint density at radius 3 is 2.67 bits per heavy atom. The molecule has 0 unspecified atom stereocenters. The number of ether oxygens (including phenoxy) is 1. The monoisotopic (exact) mass is 420 g/mol. The molecule has 2 aliphatic rings. The molecule has 1 amide bonds. The van der Waals surface area contributed by atoms with Crippen molar-refractivity contribution in [2.75, 3.05) is 12.4 Å². The Balaban J connectivity index is 1.56. The third-order valence-corrected chi connectivity index (χ3v) is 7.89. The van der Waals surface area contributed by atoms with Gasteiger partial charge in [0, 0.05) is 10.4 Å². The van der Waals surface area contributed by atoms with Crippen LogP contribution in [0.4, 0.5) is 5.00 Å². The smallest absolute Gasteiger partial charge is 0.256 e. The largest absolute Gasteiger partial charge is 0.496 e. The van der Waals surface area contributed by atoms with E-state index in [2.05, 4.69) is 49.6 Å². The normalized spacial score (nSPS) is 20.9. The predicted octanol–water partition coefficient (Wildman–Crippen LogP) is 5.92. The lowest BCUT2D eigenvalue weighted by atomic mass is 9.72. The minimum atomic E-state index is -0.315. The van der Waals surface area contributed by atoms with Gasteiger partial charge < -0.3 is 15.4 Å². The summed E-state index contributed by atoms with van der Waals surface area (Å²) in [6.45, 7) is 6.97. The molecule has 1 aliphatic heterocycles. The molecule has 0 fully saturated rings. The minimum Gasteiger partial charge on any atom is -0.496 e. The number of anilines is 1. The molecule has 0 saturated carbocycles. The Bertz CT molecular complexity index is 1140. The van der Waals surface area contributed by atoms with Crippen molar-refractivity contribution in [2.24, 2.45) is 11.3 Å². The Kier molecular flexibility index (Phi) is 4.55. The van der Waals surface area contributed by atoms with Gasteiger partial charge in [0.1, 0.15) is 16.9 Å². The fraction of sp³-hybridized carbons (Fsp3) is 0.400. The number of methoxy groups -OCH3 is 1. The fourth-order valence-electron chi connectivity index (χ4n) is 4.93. The highest BCUT2D eigenvalue weighted by molar-refractivity contribution is 7.16. The molecule has 0 spiro atoms. The van der Waals surface area contributed by atoms with Crippen LogP contribution in [0.25, 0.3) is 10.8 Å². The summed E-state index contributed by atoms with van der Waals surface area (Å²) in [5.74, 6) is 1.46. The van der Waals surface area contributed by atoms with Gasteiger partial charge in [0.25, 0.3) is 5.91 Å². The summed E-state index contributed by atoms with van der Waals surface area (Å²) in [5, 5.41) is 10.1. The van der Waals surface area contributed by atoms with Gasteiger partial charge in [0.15, 0.2) is 0 Å². The number of benzene rings is 2. The van der Waals surface area contributed by atoms with Crippen molar-refractivity contribution < 1.29 is 9.53 Å². The molecule has 3 aromatic rings. The molecule has 1 aliphatic carbocycles. The SMILES string of the molecule is COc1ccc2ccccc2c1[C@@H]1NC(=O)c2c(sc3c2CC[C@H](C(C)(C)C)C3)N1. The van der Waals surface area contributed by atoms with Crippen LogP contribution in [0.5, 0.6) is 5.75 Å². The van der Waals surface area contributed by atoms with Gasteiger partial charge in [-0.05, 0) is 53.0 Å². The van der Waals surface area contributed by atoms with E-state index in [0.29, 0.717) is 5.92 Å². The molecule has 0 saturated heterocycles. The molecule has 2 heterocycles. The lowest BCUT2D eigenvalue weighted by molar-refractivity contribution is 0.0934. The van der Waals surface area contributed by atoms with Crippen LogP contribution in [0.1, 0.15) is 59.7 Å². The van der Waals surface area contributed by atoms with Crippen molar-refractivity contribution in [3.05, 3.63) is 58.0 Å². The molecule has 2 atom stereocenters. The first kappa shape index (κ1) is 19.4. The molecular formula is C25H28N2O2S. The summed E-state index contributed by atoms with van der Waals surface area (Å²) in [6.07, 6.45) is 2.88. The van der Waals surface area contributed by atoms with Crippen molar-refractivity contribution in [1.82, 2.24) is 5.32 Å².